The quantitative estimate of drug-likeness (QED) is 0.0132. The fraction of sp³-hybridized carbons (Fsp3) is 0.431. The molecule has 424 valence electrons. The van der Waals surface area contributed by atoms with E-state index in [1.807, 2.05) is 0 Å². The lowest BCUT2D eigenvalue weighted by Gasteiger charge is -2.32. The number of hydrazine groups is 1. The molecular formula is C51H73N15O12. The summed E-state index contributed by atoms with van der Waals surface area (Å²) in [6.07, 6.45) is -0.607. The van der Waals surface area contributed by atoms with Crippen LogP contribution in [0, 0.1) is 5.92 Å². The fourth-order valence-corrected chi connectivity index (χ4v) is 7.70. The highest BCUT2D eigenvalue weighted by Gasteiger charge is 2.35. The van der Waals surface area contributed by atoms with E-state index < -0.39 is 121 Å². The van der Waals surface area contributed by atoms with Gasteiger partial charge >= 0.3 is 6.03 Å². The summed E-state index contributed by atoms with van der Waals surface area (Å²) in [5, 5.41) is 34.3. The minimum Gasteiger partial charge on any atom is -0.508 e. The summed E-state index contributed by atoms with van der Waals surface area (Å²) in [5.41, 5.74) is 34.2. The molecule has 0 aliphatic heterocycles. The van der Waals surface area contributed by atoms with Crippen LogP contribution in [0.4, 0.5) is 4.79 Å². The molecule has 0 spiro atoms. The predicted octanol–water partition coefficient (Wildman–Crippen LogP) is -3.83. The number of guanidine groups is 1. The molecule has 3 aromatic carbocycles. The lowest BCUT2D eigenvalue weighted by Crippen LogP contribution is -2.61. The average Bonchev–Trinajstić information content (AvgIpc) is 3.38. The minimum absolute atomic E-state index is 0.00816. The Morgan fingerprint density at radius 1 is 0.577 bits per heavy atom. The molecule has 11 amide bonds. The Hall–Kier alpha value is -8.85. The Bertz CT molecular complexity index is 2550. The summed E-state index contributed by atoms with van der Waals surface area (Å²) in [7, 11) is 1.34. The lowest BCUT2D eigenvalue weighted by atomic mass is 10.0. The summed E-state index contributed by atoms with van der Waals surface area (Å²) in [4.78, 5) is 138. The Labute approximate surface area is 451 Å². The van der Waals surface area contributed by atoms with Crippen LogP contribution in [-0.2, 0) is 62.4 Å². The second-order valence-corrected chi connectivity index (χ2v) is 18.8. The summed E-state index contributed by atoms with van der Waals surface area (Å²) in [6, 6.07) is 10.8. The molecule has 3 aromatic rings. The number of nitrogens with two attached hydrogens (primary N) is 5. The number of aliphatic hydroxyl groups is 1. The highest BCUT2D eigenvalue weighted by molar-refractivity contribution is 5.98. The Morgan fingerprint density at radius 2 is 1.10 bits per heavy atom. The molecule has 0 heterocycles. The number of aromatic hydroxyl groups is 1. The zero-order valence-electron chi connectivity index (χ0n) is 43.9. The monoisotopic (exact) mass is 1090 g/mol. The van der Waals surface area contributed by atoms with Crippen molar-refractivity contribution in [2.24, 2.45) is 39.6 Å². The zero-order valence-corrected chi connectivity index (χ0v) is 43.9. The van der Waals surface area contributed by atoms with Crippen molar-refractivity contribution in [1.29, 1.82) is 0 Å². The van der Waals surface area contributed by atoms with E-state index in [1.54, 1.807) is 86.6 Å². The summed E-state index contributed by atoms with van der Waals surface area (Å²) >= 11 is 0. The normalized spacial score (nSPS) is 13.9. The number of likely N-dealkylation sites (N-methyl/N-ethyl adjacent to an activating group) is 1. The molecule has 3 rings (SSSR count). The number of carbonyl (C=O) groups excluding carboxylic acids is 10. The number of phenolic OH excluding ortho intramolecular Hbond substituents is 1. The zero-order chi connectivity index (χ0) is 58.1. The van der Waals surface area contributed by atoms with Crippen molar-refractivity contribution >= 4 is 65.2 Å². The van der Waals surface area contributed by atoms with Crippen molar-refractivity contribution in [2.75, 3.05) is 20.2 Å². The van der Waals surface area contributed by atoms with Crippen LogP contribution in [0.25, 0.3) is 0 Å². The van der Waals surface area contributed by atoms with E-state index in [9.17, 15) is 58.2 Å². The third-order valence-electron chi connectivity index (χ3n) is 11.9. The topological polar surface area (TPSA) is 453 Å². The molecule has 0 unspecified atom stereocenters. The number of benzene rings is 3. The fourth-order valence-electron chi connectivity index (χ4n) is 7.70. The number of phenols is 1. The van der Waals surface area contributed by atoms with Gasteiger partial charge in [-0.25, -0.2) is 10.2 Å². The van der Waals surface area contributed by atoms with Crippen LogP contribution in [0.15, 0.2) is 89.9 Å². The van der Waals surface area contributed by atoms with Gasteiger partial charge < -0.3 is 75.7 Å². The first-order chi connectivity index (χ1) is 36.9. The number of nitrogens with zero attached hydrogens (tertiary/aromatic N) is 2. The van der Waals surface area contributed by atoms with Gasteiger partial charge in [0.15, 0.2) is 5.96 Å². The third-order valence-corrected chi connectivity index (χ3v) is 11.9. The molecule has 8 atom stereocenters. The van der Waals surface area contributed by atoms with E-state index in [1.165, 1.54) is 26.1 Å². The molecule has 0 aromatic heterocycles. The first kappa shape index (κ1) is 63.4. The van der Waals surface area contributed by atoms with E-state index in [4.69, 9.17) is 28.7 Å². The van der Waals surface area contributed by atoms with Gasteiger partial charge in [0.2, 0.25) is 47.3 Å². The molecule has 0 saturated carbocycles. The van der Waals surface area contributed by atoms with Gasteiger partial charge in [0.05, 0.1) is 19.1 Å². The van der Waals surface area contributed by atoms with Crippen molar-refractivity contribution in [2.45, 2.75) is 114 Å². The van der Waals surface area contributed by atoms with E-state index >= 15 is 0 Å². The van der Waals surface area contributed by atoms with E-state index in [-0.39, 0.29) is 62.7 Å². The van der Waals surface area contributed by atoms with Gasteiger partial charge in [-0.2, -0.15) is 0 Å². The number of amides is 11. The van der Waals surface area contributed by atoms with Gasteiger partial charge in [-0.15, -0.1) is 0 Å². The Balaban J connectivity index is 1.74. The summed E-state index contributed by atoms with van der Waals surface area (Å²) in [5.74, 6) is -8.69. The molecule has 0 fully saturated rings. The van der Waals surface area contributed by atoms with Crippen LogP contribution in [0.2, 0.25) is 0 Å². The van der Waals surface area contributed by atoms with Gasteiger partial charge in [0.1, 0.15) is 48.0 Å². The maximum Gasteiger partial charge on any atom is 0.334 e. The molecule has 78 heavy (non-hydrogen) atoms. The van der Waals surface area contributed by atoms with E-state index in [0.29, 0.717) is 16.7 Å². The smallest absolute Gasteiger partial charge is 0.334 e. The molecular weight excluding hydrogens is 1010 g/mol. The van der Waals surface area contributed by atoms with Crippen molar-refractivity contribution in [1.82, 2.24) is 47.7 Å². The maximum atomic E-state index is 14.2. The SMILES string of the molecule is CC(C)C[C@H](NC(=O)NNC(=O)[C@H](Cc1ccccc1)NC(=O)[C@H](CO)NC(=O)[C@H](CC(N)=O)NC(=O)[C@H](C)NC(=O)[C@H](N)Cc1ccc(O)cc1)C(=O)N(C)[C@@H](CCCN=C(N)N)C(=O)N[C@@H](Cc1ccccc1)C(N)=O. The molecule has 0 radical (unpaired) electrons. The first-order valence-corrected chi connectivity index (χ1v) is 24.9. The molecule has 0 aliphatic carbocycles. The number of aliphatic hydroxyl groups excluding tert-OH is 1. The van der Waals surface area contributed by atoms with Gasteiger partial charge in [0.25, 0.3) is 5.91 Å². The molecule has 0 bridgehead atoms. The van der Waals surface area contributed by atoms with Crippen LogP contribution < -0.4 is 71.4 Å². The van der Waals surface area contributed by atoms with Gasteiger partial charge in [-0.1, -0.05) is 86.6 Å². The second-order valence-electron chi connectivity index (χ2n) is 18.8. The minimum atomic E-state index is -1.80. The number of carbonyl (C=O) groups is 10. The molecule has 27 heteroatoms. The predicted molar refractivity (Wildman–Crippen MR) is 285 cm³/mol. The Kier molecular flexibility index (Phi) is 25.9. The van der Waals surface area contributed by atoms with Gasteiger partial charge in [-0.3, -0.25) is 53.6 Å². The number of rotatable bonds is 30. The van der Waals surface area contributed by atoms with E-state index in [0.717, 1.165) is 4.90 Å². The van der Waals surface area contributed by atoms with Crippen LogP contribution >= 0.6 is 0 Å². The number of hydrogen-bond acceptors (Lipinski definition) is 14. The van der Waals surface area contributed by atoms with E-state index in [2.05, 4.69) is 47.7 Å². The van der Waals surface area contributed by atoms with Crippen molar-refractivity contribution < 1.29 is 58.2 Å². The Morgan fingerprint density at radius 3 is 1.64 bits per heavy atom. The summed E-state index contributed by atoms with van der Waals surface area (Å²) in [6.45, 7) is 3.87. The average molecular weight is 1090 g/mol. The molecule has 0 saturated heterocycles. The summed E-state index contributed by atoms with van der Waals surface area (Å²) < 4.78 is 0. The number of nitrogens with one attached hydrogen (secondary N) is 8. The number of aliphatic imine (C=N–C) groups is 1. The lowest BCUT2D eigenvalue weighted by molar-refractivity contribution is -0.141. The van der Waals surface area contributed by atoms with Crippen molar-refractivity contribution in [3.63, 3.8) is 0 Å². The molecule has 27 nitrogen and oxygen atoms in total. The number of urea groups is 1. The number of primary amides is 2. The van der Waals surface area contributed by atoms with Crippen LogP contribution in [0.3, 0.4) is 0 Å². The highest BCUT2D eigenvalue weighted by atomic mass is 16.3. The van der Waals surface area contributed by atoms with Crippen LogP contribution in [-0.4, -0.2) is 149 Å². The largest absolute Gasteiger partial charge is 0.508 e. The highest BCUT2D eigenvalue weighted by Crippen LogP contribution is 2.15. The molecule has 0 aliphatic rings. The van der Waals surface area contributed by atoms with Gasteiger partial charge in [-0.05, 0) is 67.3 Å². The van der Waals surface area contributed by atoms with Crippen molar-refractivity contribution in [3.05, 3.63) is 102 Å². The van der Waals surface area contributed by atoms with Crippen LogP contribution in [0.1, 0.15) is 63.1 Å². The van der Waals surface area contributed by atoms with Crippen LogP contribution in [0.5, 0.6) is 5.75 Å². The standard InChI is InChI=1S/C51H73N15O12/c1-28(2)22-38(49(77)66(4)40(16-11-21-57-50(55)56)48(76)59-35(42(54)70)24-30-12-7-5-8-13-30)63-51(78)65-64-47(75)36(25-31-14-9-6-10-15-31)61-46(74)39(27-67)62-45(73)37(26-41(53)69)60-43(71)29(3)58-44(72)34(52)23-32-17-19-33(68)20-18-32/h5-10,12-15,17-20,28-29,34-40,67-68H,11,16,21-27,52H2,1-4H3,(H2,53,69)(H2,54,70)(H,58,72)(H,59,76)(H,60,71)(H,61,74)(H,62,73)(H,64,75)(H4,55,56,57)(H2,63,65,78)/t29-,34+,35-,36-,37-,38-,39-,40-/m0/s1. The number of hydrogen-bond donors (Lipinski definition) is 15. The second kappa shape index (κ2) is 31.9. The van der Waals surface area contributed by atoms with Gasteiger partial charge in [0, 0.05) is 26.4 Å². The first-order valence-electron chi connectivity index (χ1n) is 24.9. The maximum absolute atomic E-state index is 14.2. The van der Waals surface area contributed by atoms with Crippen molar-refractivity contribution in [3.8, 4) is 5.75 Å². The molecule has 20 N–H and O–H groups in total. The third kappa shape index (κ3) is 22.2.